The molecule has 2 atom stereocenters. The summed E-state index contributed by atoms with van der Waals surface area (Å²) >= 11 is 1.42. The molecule has 4 aliphatic rings. The van der Waals surface area contributed by atoms with Crippen molar-refractivity contribution in [2.45, 2.75) is 38.1 Å². The van der Waals surface area contributed by atoms with Gasteiger partial charge in [-0.3, -0.25) is 9.59 Å². The van der Waals surface area contributed by atoms with Gasteiger partial charge in [0.15, 0.2) is 0 Å². The number of fused-ring (bicyclic) bond motifs is 2. The predicted molar refractivity (Wildman–Crippen MR) is 99.0 cm³/mol. The van der Waals surface area contributed by atoms with Gasteiger partial charge in [0.2, 0.25) is 5.91 Å². The summed E-state index contributed by atoms with van der Waals surface area (Å²) in [6, 6.07) is 0. The van der Waals surface area contributed by atoms with E-state index in [1.807, 2.05) is 11.8 Å². The molecule has 3 saturated heterocycles. The Labute approximate surface area is 157 Å². The monoisotopic (exact) mass is 374 g/mol. The summed E-state index contributed by atoms with van der Waals surface area (Å²) in [5.74, 6) is 1.78. The van der Waals surface area contributed by atoms with E-state index in [1.54, 1.807) is 5.51 Å². The molecule has 4 fully saturated rings. The lowest BCUT2D eigenvalue weighted by atomic mass is 9.75. The number of nitrogens with one attached hydrogen (secondary N) is 1. The van der Waals surface area contributed by atoms with E-state index in [2.05, 4.69) is 15.2 Å². The molecule has 0 aromatic carbocycles. The average Bonchev–Trinajstić information content (AvgIpc) is 3.07. The topological polar surface area (TPSA) is 65.5 Å². The Morgan fingerprint density at radius 2 is 2.12 bits per heavy atom. The van der Waals surface area contributed by atoms with Crippen LogP contribution in [0.1, 0.15) is 41.0 Å². The summed E-state index contributed by atoms with van der Waals surface area (Å²) in [5, 5.41) is 3.35. The van der Waals surface area contributed by atoms with Crippen molar-refractivity contribution >= 4 is 23.2 Å². The van der Waals surface area contributed by atoms with Crippen molar-refractivity contribution in [3.8, 4) is 0 Å². The quantitative estimate of drug-likeness (QED) is 0.871. The van der Waals surface area contributed by atoms with Crippen molar-refractivity contribution in [3.63, 3.8) is 0 Å². The number of thiazole rings is 1. The number of carbonyl (C=O) groups is 2. The Bertz CT molecular complexity index is 736. The van der Waals surface area contributed by atoms with Crippen LogP contribution < -0.4 is 5.32 Å². The third-order valence-corrected chi connectivity index (χ3v) is 7.83. The molecule has 1 N–H and O–H groups in total. The highest BCUT2D eigenvalue weighted by molar-refractivity contribution is 7.11. The van der Waals surface area contributed by atoms with Gasteiger partial charge >= 0.3 is 0 Å². The Hall–Kier alpha value is -1.47. The minimum Gasteiger partial charge on any atom is -0.350 e. The van der Waals surface area contributed by atoms with Crippen LogP contribution in [0.5, 0.6) is 0 Å². The van der Waals surface area contributed by atoms with E-state index in [4.69, 9.17) is 0 Å². The number of piperidine rings is 1. The second kappa shape index (κ2) is 6.02. The largest absolute Gasteiger partial charge is 0.350 e. The summed E-state index contributed by atoms with van der Waals surface area (Å²) in [6.45, 7) is 6.49. The molecule has 1 spiro atoms. The van der Waals surface area contributed by atoms with Crippen LogP contribution in [-0.2, 0) is 4.79 Å². The average molecular weight is 375 g/mol. The normalized spacial score (nSPS) is 30.7. The maximum absolute atomic E-state index is 12.8. The van der Waals surface area contributed by atoms with Crippen LogP contribution in [0, 0.1) is 24.7 Å². The molecule has 1 aromatic rings. The zero-order chi connectivity index (χ0) is 17.9. The number of likely N-dealkylation sites (tertiary alicyclic amines) is 2. The third kappa shape index (κ3) is 2.67. The van der Waals surface area contributed by atoms with E-state index in [0.29, 0.717) is 5.92 Å². The zero-order valence-corrected chi connectivity index (χ0v) is 16.1. The first-order valence-electron chi connectivity index (χ1n) is 9.79. The van der Waals surface area contributed by atoms with Crippen LogP contribution in [0.4, 0.5) is 0 Å². The SMILES string of the molecule is Cc1ncsc1C(=O)N1CCC2(CC1)NC(=O)[C@@H]1CN(CC3CC3)C[C@@H]12. The minimum atomic E-state index is -0.0976. The Morgan fingerprint density at radius 3 is 2.77 bits per heavy atom. The predicted octanol–water partition coefficient (Wildman–Crippen LogP) is 1.51. The first-order chi connectivity index (χ1) is 12.6. The van der Waals surface area contributed by atoms with Gasteiger partial charge in [0.25, 0.3) is 5.91 Å². The number of hydrogen-bond acceptors (Lipinski definition) is 5. The van der Waals surface area contributed by atoms with Crippen LogP contribution in [0.25, 0.3) is 0 Å². The fraction of sp³-hybridized carbons (Fsp3) is 0.737. The van der Waals surface area contributed by atoms with Gasteiger partial charge in [-0.05, 0) is 38.5 Å². The van der Waals surface area contributed by atoms with Crippen molar-refractivity contribution < 1.29 is 9.59 Å². The van der Waals surface area contributed by atoms with Crippen molar-refractivity contribution in [3.05, 3.63) is 16.1 Å². The van der Waals surface area contributed by atoms with Gasteiger partial charge in [-0.25, -0.2) is 4.98 Å². The molecular weight excluding hydrogens is 348 g/mol. The van der Waals surface area contributed by atoms with E-state index in [1.165, 1.54) is 30.7 Å². The van der Waals surface area contributed by atoms with E-state index < -0.39 is 0 Å². The Morgan fingerprint density at radius 1 is 1.35 bits per heavy atom. The van der Waals surface area contributed by atoms with Crippen LogP contribution >= 0.6 is 11.3 Å². The number of nitrogens with zero attached hydrogens (tertiary/aromatic N) is 3. The van der Waals surface area contributed by atoms with Gasteiger partial charge in [-0.1, -0.05) is 0 Å². The summed E-state index contributed by atoms with van der Waals surface area (Å²) in [5.41, 5.74) is 2.46. The lowest BCUT2D eigenvalue weighted by molar-refractivity contribution is -0.123. The summed E-state index contributed by atoms with van der Waals surface area (Å²) in [7, 11) is 0. The van der Waals surface area contributed by atoms with Crippen LogP contribution in [-0.4, -0.2) is 64.9 Å². The molecule has 1 aliphatic carbocycles. The number of amides is 2. The maximum atomic E-state index is 12.8. The molecule has 0 unspecified atom stereocenters. The molecule has 1 saturated carbocycles. The van der Waals surface area contributed by atoms with Gasteiger partial charge in [0.1, 0.15) is 4.88 Å². The highest BCUT2D eigenvalue weighted by atomic mass is 32.1. The lowest BCUT2D eigenvalue weighted by Gasteiger charge is -2.42. The smallest absolute Gasteiger partial charge is 0.265 e. The number of aryl methyl sites for hydroxylation is 1. The Kier molecular flexibility index (Phi) is 3.87. The second-order valence-corrected chi connectivity index (χ2v) is 9.43. The maximum Gasteiger partial charge on any atom is 0.265 e. The molecule has 0 radical (unpaired) electrons. The lowest BCUT2D eigenvalue weighted by Crippen LogP contribution is -2.56. The molecule has 2 amide bonds. The molecule has 3 aliphatic heterocycles. The van der Waals surface area contributed by atoms with Gasteiger partial charge < -0.3 is 15.1 Å². The van der Waals surface area contributed by atoms with Gasteiger partial charge in [-0.15, -0.1) is 11.3 Å². The van der Waals surface area contributed by atoms with Crippen molar-refractivity contribution in [1.82, 2.24) is 20.1 Å². The molecule has 7 heteroatoms. The van der Waals surface area contributed by atoms with Gasteiger partial charge in [0.05, 0.1) is 17.1 Å². The highest BCUT2D eigenvalue weighted by Gasteiger charge is 2.57. The molecule has 6 nitrogen and oxygen atoms in total. The molecule has 5 rings (SSSR count). The number of aromatic nitrogens is 1. The molecule has 0 bridgehead atoms. The fourth-order valence-electron chi connectivity index (χ4n) is 5.21. The Balaban J connectivity index is 1.27. The zero-order valence-electron chi connectivity index (χ0n) is 15.2. The van der Waals surface area contributed by atoms with Crippen LogP contribution in [0.2, 0.25) is 0 Å². The molecule has 1 aromatic heterocycles. The molecule has 26 heavy (non-hydrogen) atoms. The standard InChI is InChI=1S/C19H26N4O2S/c1-12-16(26-11-20-12)18(25)23-6-4-19(5-7-23)15-10-22(8-13-2-3-13)9-14(15)17(24)21-19/h11,13-15H,2-10H2,1H3,(H,21,24)/t14-,15+/m1/s1. The van der Waals surface area contributed by atoms with E-state index in [0.717, 1.165) is 55.5 Å². The summed E-state index contributed by atoms with van der Waals surface area (Å²) in [4.78, 5) is 34.8. The van der Waals surface area contributed by atoms with E-state index >= 15 is 0 Å². The first-order valence-corrected chi connectivity index (χ1v) is 10.7. The highest BCUT2D eigenvalue weighted by Crippen LogP contribution is 2.45. The first kappa shape index (κ1) is 16.7. The fourth-order valence-corrected chi connectivity index (χ4v) is 5.98. The minimum absolute atomic E-state index is 0.0976. The number of hydrogen-bond donors (Lipinski definition) is 1. The van der Waals surface area contributed by atoms with Crippen molar-refractivity contribution in [1.29, 1.82) is 0 Å². The van der Waals surface area contributed by atoms with Crippen molar-refractivity contribution in [2.75, 3.05) is 32.7 Å². The molecular formula is C19H26N4O2S. The third-order valence-electron chi connectivity index (χ3n) is 6.91. The van der Waals surface area contributed by atoms with Gasteiger partial charge in [-0.2, -0.15) is 0 Å². The second-order valence-electron chi connectivity index (χ2n) is 8.58. The molecule has 4 heterocycles. The van der Waals surface area contributed by atoms with Crippen LogP contribution in [0.15, 0.2) is 5.51 Å². The number of rotatable bonds is 3. The summed E-state index contributed by atoms with van der Waals surface area (Å²) in [6.07, 6.45) is 4.47. The molecule has 140 valence electrons. The summed E-state index contributed by atoms with van der Waals surface area (Å²) < 4.78 is 0. The number of carbonyl (C=O) groups excluding carboxylic acids is 2. The van der Waals surface area contributed by atoms with E-state index in [9.17, 15) is 9.59 Å². The van der Waals surface area contributed by atoms with Crippen molar-refractivity contribution in [2.24, 2.45) is 17.8 Å². The van der Waals surface area contributed by atoms with Gasteiger partial charge in [0, 0.05) is 44.2 Å². The van der Waals surface area contributed by atoms with Crippen LogP contribution in [0.3, 0.4) is 0 Å². The van der Waals surface area contributed by atoms with E-state index in [-0.39, 0.29) is 23.3 Å².